The summed E-state index contributed by atoms with van der Waals surface area (Å²) in [6.07, 6.45) is 0.691. The topological polar surface area (TPSA) is 116 Å². The molecule has 146 valence electrons. The van der Waals surface area contributed by atoms with Gasteiger partial charge in [0.15, 0.2) is 5.58 Å². The lowest BCUT2D eigenvalue weighted by Gasteiger charge is -2.32. The van der Waals surface area contributed by atoms with E-state index in [1.807, 2.05) is 20.8 Å². The van der Waals surface area contributed by atoms with Crippen molar-refractivity contribution < 1.29 is 23.1 Å². The van der Waals surface area contributed by atoms with Crippen LogP contribution < -0.4 is 0 Å². The molecule has 1 amide bonds. The van der Waals surface area contributed by atoms with E-state index in [0.717, 1.165) is 0 Å². The molecule has 1 saturated heterocycles. The molecule has 2 heterocycles. The summed E-state index contributed by atoms with van der Waals surface area (Å²) in [7, 11) is -1.49. The Morgan fingerprint density at radius 2 is 2.04 bits per heavy atom. The molecule has 1 unspecified atom stereocenters. The number of fused-ring (bicyclic) bond motifs is 1. The second-order valence-electron chi connectivity index (χ2n) is 7.35. The summed E-state index contributed by atoms with van der Waals surface area (Å²) in [4.78, 5) is 28.2. The lowest BCUT2D eigenvalue weighted by Crippen LogP contribution is -2.43. The van der Waals surface area contributed by atoms with E-state index in [1.54, 1.807) is 4.90 Å². The zero-order chi connectivity index (χ0) is 19.8. The summed E-state index contributed by atoms with van der Waals surface area (Å²) in [5.41, 5.74) is 0.00469. The van der Waals surface area contributed by atoms with Crippen LogP contribution in [-0.4, -0.2) is 49.0 Å². The van der Waals surface area contributed by atoms with Gasteiger partial charge in [0.05, 0.1) is 4.92 Å². The Kier molecular flexibility index (Phi) is 5.18. The van der Waals surface area contributed by atoms with Gasteiger partial charge in [-0.15, -0.1) is 0 Å². The van der Waals surface area contributed by atoms with Crippen LogP contribution >= 0.6 is 0 Å². The molecule has 0 saturated carbocycles. The number of nitrogens with zero attached hydrogens (tertiary/aromatic N) is 3. The molecule has 1 aliphatic rings. The van der Waals surface area contributed by atoms with Gasteiger partial charge in [-0.3, -0.25) is 10.1 Å². The average molecular weight is 395 g/mol. The number of piperidine rings is 1. The molecule has 0 N–H and O–H groups in total. The van der Waals surface area contributed by atoms with Gasteiger partial charge in [-0.05, 0) is 39.7 Å². The summed E-state index contributed by atoms with van der Waals surface area (Å²) in [5.74, 6) is 0. The van der Waals surface area contributed by atoms with Crippen LogP contribution in [0.4, 0.5) is 10.5 Å². The Bertz CT molecular complexity index is 896. The first kappa shape index (κ1) is 19.3. The number of carbonyl (C=O) groups is 1. The highest BCUT2D eigenvalue weighted by Crippen LogP contribution is 2.26. The quantitative estimate of drug-likeness (QED) is 0.578. The van der Waals surface area contributed by atoms with Crippen LogP contribution in [0.3, 0.4) is 0 Å². The number of carbonyl (C=O) groups excluding carboxylic acids is 1. The Labute approximate surface area is 158 Å². The van der Waals surface area contributed by atoms with Gasteiger partial charge < -0.3 is 14.1 Å². The summed E-state index contributed by atoms with van der Waals surface area (Å²) in [5, 5.41) is 10.7. The molecule has 1 aromatic carbocycles. The number of benzene rings is 1. The van der Waals surface area contributed by atoms with Crippen molar-refractivity contribution in [3.8, 4) is 0 Å². The van der Waals surface area contributed by atoms with Gasteiger partial charge in [0.2, 0.25) is 0 Å². The number of oxazole rings is 1. The Hall–Kier alpha value is -2.49. The Balaban J connectivity index is 1.66. The molecule has 1 fully saturated rings. The molecular weight excluding hydrogens is 374 g/mol. The Morgan fingerprint density at radius 3 is 2.63 bits per heavy atom. The van der Waals surface area contributed by atoms with Crippen LogP contribution in [0.25, 0.3) is 11.1 Å². The number of hydrogen-bond donors (Lipinski definition) is 0. The fourth-order valence-corrected chi connectivity index (χ4v) is 4.10. The number of aromatic nitrogens is 1. The summed E-state index contributed by atoms with van der Waals surface area (Å²) < 4.78 is 23.7. The minimum absolute atomic E-state index is 0.0567. The minimum atomic E-state index is -1.49. The van der Waals surface area contributed by atoms with Crippen LogP contribution in [0, 0.1) is 10.1 Å². The van der Waals surface area contributed by atoms with Crippen LogP contribution in [0.2, 0.25) is 0 Å². The second-order valence-corrected chi connectivity index (χ2v) is 8.96. The van der Waals surface area contributed by atoms with Crippen molar-refractivity contribution in [2.24, 2.45) is 0 Å². The van der Waals surface area contributed by atoms with E-state index >= 15 is 0 Å². The third-order valence-electron chi connectivity index (χ3n) is 4.13. The molecule has 27 heavy (non-hydrogen) atoms. The van der Waals surface area contributed by atoms with E-state index in [2.05, 4.69) is 4.98 Å². The van der Waals surface area contributed by atoms with E-state index in [0.29, 0.717) is 37.0 Å². The van der Waals surface area contributed by atoms with Gasteiger partial charge in [-0.1, -0.05) is 0 Å². The van der Waals surface area contributed by atoms with E-state index in [4.69, 9.17) is 9.15 Å². The maximum Gasteiger partial charge on any atom is 0.410 e. The third-order valence-corrected chi connectivity index (χ3v) is 5.73. The van der Waals surface area contributed by atoms with E-state index in [-0.39, 0.29) is 22.3 Å². The molecule has 1 aliphatic heterocycles. The van der Waals surface area contributed by atoms with Gasteiger partial charge in [0, 0.05) is 30.5 Å². The number of likely N-dealkylation sites (tertiary alicyclic amines) is 1. The smallest absolute Gasteiger partial charge is 0.410 e. The fourth-order valence-electron chi connectivity index (χ4n) is 2.82. The SMILES string of the molecule is CC(C)(C)OC(=O)N1CCC(S(=O)c2nc3cc([N+](=O)[O-])ccc3o2)CC1. The first-order valence-corrected chi connectivity index (χ1v) is 9.79. The average Bonchev–Trinajstić information content (AvgIpc) is 3.02. The fraction of sp³-hybridized carbons (Fsp3) is 0.529. The van der Waals surface area contributed by atoms with Crippen LogP contribution in [0.1, 0.15) is 33.6 Å². The summed E-state index contributed by atoms with van der Waals surface area (Å²) in [6.45, 7) is 6.31. The molecule has 9 nitrogen and oxygen atoms in total. The van der Waals surface area contributed by atoms with Gasteiger partial charge in [0.1, 0.15) is 21.9 Å². The van der Waals surface area contributed by atoms with Crippen molar-refractivity contribution >= 4 is 33.7 Å². The predicted molar refractivity (Wildman–Crippen MR) is 97.9 cm³/mol. The molecule has 0 radical (unpaired) electrons. The summed E-state index contributed by atoms with van der Waals surface area (Å²) >= 11 is 0. The Morgan fingerprint density at radius 1 is 1.37 bits per heavy atom. The van der Waals surface area contributed by atoms with Crippen LogP contribution in [0.15, 0.2) is 27.8 Å². The highest BCUT2D eigenvalue weighted by Gasteiger charge is 2.31. The number of hydrogen-bond acceptors (Lipinski definition) is 7. The molecule has 1 aromatic heterocycles. The number of non-ortho nitro benzene ring substituents is 1. The van der Waals surface area contributed by atoms with Crippen molar-refractivity contribution in [3.05, 3.63) is 28.3 Å². The molecular formula is C17H21N3O6S. The van der Waals surface area contributed by atoms with Crippen molar-refractivity contribution in [2.75, 3.05) is 13.1 Å². The highest BCUT2D eigenvalue weighted by molar-refractivity contribution is 7.85. The molecule has 0 bridgehead atoms. The van der Waals surface area contributed by atoms with E-state index < -0.39 is 21.3 Å². The van der Waals surface area contributed by atoms with Gasteiger partial charge in [-0.2, -0.15) is 0 Å². The number of amides is 1. The third kappa shape index (κ3) is 4.44. The highest BCUT2D eigenvalue weighted by atomic mass is 32.2. The van der Waals surface area contributed by atoms with Gasteiger partial charge in [0.25, 0.3) is 10.9 Å². The molecule has 0 aliphatic carbocycles. The lowest BCUT2D eigenvalue weighted by atomic mass is 10.1. The monoisotopic (exact) mass is 395 g/mol. The van der Waals surface area contributed by atoms with Crippen molar-refractivity contribution in [1.82, 2.24) is 9.88 Å². The standard InChI is InChI=1S/C17H21N3O6S/c1-17(2,3)26-16(21)19-8-6-12(7-9-19)27(24)15-18-13-10-11(20(22)23)4-5-14(13)25-15/h4-5,10,12H,6-9H2,1-3H3. The second kappa shape index (κ2) is 7.26. The number of ether oxygens (including phenoxy) is 1. The van der Waals surface area contributed by atoms with Crippen molar-refractivity contribution in [3.63, 3.8) is 0 Å². The molecule has 10 heteroatoms. The summed E-state index contributed by atoms with van der Waals surface area (Å²) in [6, 6.07) is 4.07. The maximum atomic E-state index is 12.8. The maximum absolute atomic E-state index is 12.8. The molecule has 3 rings (SSSR count). The number of rotatable bonds is 3. The molecule has 0 spiro atoms. The van der Waals surface area contributed by atoms with Crippen molar-refractivity contribution in [2.45, 2.75) is 49.7 Å². The lowest BCUT2D eigenvalue weighted by molar-refractivity contribution is -0.384. The first-order chi connectivity index (χ1) is 12.6. The zero-order valence-corrected chi connectivity index (χ0v) is 16.2. The van der Waals surface area contributed by atoms with Crippen molar-refractivity contribution in [1.29, 1.82) is 0 Å². The first-order valence-electron chi connectivity index (χ1n) is 8.57. The molecule has 1 atom stereocenters. The molecule has 2 aromatic rings. The minimum Gasteiger partial charge on any atom is -0.444 e. The van der Waals surface area contributed by atoms with Gasteiger partial charge >= 0.3 is 6.09 Å². The van der Waals surface area contributed by atoms with Crippen LogP contribution in [-0.2, 0) is 15.5 Å². The largest absolute Gasteiger partial charge is 0.444 e. The van der Waals surface area contributed by atoms with Gasteiger partial charge in [-0.25, -0.2) is 14.0 Å². The zero-order valence-electron chi connectivity index (χ0n) is 15.3. The van der Waals surface area contributed by atoms with E-state index in [9.17, 15) is 19.1 Å². The van der Waals surface area contributed by atoms with Crippen LogP contribution in [0.5, 0.6) is 0 Å². The predicted octanol–water partition coefficient (Wildman–Crippen LogP) is 3.24. The van der Waals surface area contributed by atoms with E-state index in [1.165, 1.54) is 18.2 Å². The number of nitro benzene ring substituents is 1. The normalized spacial score (nSPS) is 17.1. The number of nitro groups is 1.